The van der Waals surface area contributed by atoms with Gasteiger partial charge in [0.2, 0.25) is 0 Å². The summed E-state index contributed by atoms with van der Waals surface area (Å²) in [5, 5.41) is 10.9. The molecule has 33 heavy (non-hydrogen) atoms. The SMILES string of the molecule is O=C([O-])COc1ccc(-c2cc(=O)cc(N3CCOCC3)o2)c2c1Sc1ccccc1S2.[Na+]. The van der Waals surface area contributed by atoms with E-state index in [1.807, 2.05) is 29.2 Å². The minimum absolute atomic E-state index is 0. The Hall–Kier alpha value is -1.88. The van der Waals surface area contributed by atoms with Crippen LogP contribution >= 0.6 is 23.5 Å². The van der Waals surface area contributed by atoms with E-state index in [1.165, 1.54) is 23.9 Å². The first-order valence-electron chi connectivity index (χ1n) is 10.0. The number of hydrogen-bond acceptors (Lipinski definition) is 9. The Morgan fingerprint density at radius 3 is 2.42 bits per heavy atom. The zero-order valence-electron chi connectivity index (χ0n) is 17.9. The van der Waals surface area contributed by atoms with E-state index in [0.717, 1.165) is 25.1 Å². The molecule has 0 radical (unpaired) electrons. The molecule has 2 aromatic carbocycles. The van der Waals surface area contributed by atoms with Crippen molar-refractivity contribution in [1.29, 1.82) is 0 Å². The summed E-state index contributed by atoms with van der Waals surface area (Å²) in [5.41, 5.74) is 0.604. The number of carbonyl (C=O) groups is 1. The van der Waals surface area contributed by atoms with E-state index >= 15 is 0 Å². The van der Waals surface area contributed by atoms with Crippen LogP contribution in [0, 0.1) is 0 Å². The van der Waals surface area contributed by atoms with Crippen molar-refractivity contribution in [2.45, 2.75) is 19.6 Å². The molecule has 5 rings (SSSR count). The average Bonchev–Trinajstić information content (AvgIpc) is 2.81. The number of hydrogen-bond donors (Lipinski definition) is 0. The number of rotatable bonds is 5. The number of anilines is 1. The number of carboxylic acids is 1. The third-order valence-electron chi connectivity index (χ3n) is 5.04. The monoisotopic (exact) mass is 491 g/mol. The van der Waals surface area contributed by atoms with E-state index < -0.39 is 12.6 Å². The fourth-order valence-electron chi connectivity index (χ4n) is 3.56. The van der Waals surface area contributed by atoms with E-state index in [9.17, 15) is 14.7 Å². The van der Waals surface area contributed by atoms with Gasteiger partial charge in [0.25, 0.3) is 0 Å². The van der Waals surface area contributed by atoms with Gasteiger partial charge in [-0.05, 0) is 24.3 Å². The number of fused-ring (bicyclic) bond motifs is 2. The van der Waals surface area contributed by atoms with Gasteiger partial charge >= 0.3 is 29.6 Å². The summed E-state index contributed by atoms with van der Waals surface area (Å²) in [7, 11) is 0. The zero-order chi connectivity index (χ0) is 22.1. The van der Waals surface area contributed by atoms with Gasteiger partial charge in [-0.25, -0.2) is 0 Å². The number of aliphatic carboxylic acids is 1. The van der Waals surface area contributed by atoms with Gasteiger partial charge in [0.05, 0.1) is 24.1 Å². The van der Waals surface area contributed by atoms with Crippen LogP contribution in [0.15, 0.2) is 77.3 Å². The Labute approximate surface area is 220 Å². The second-order valence-corrected chi connectivity index (χ2v) is 9.28. The van der Waals surface area contributed by atoms with Gasteiger partial charge in [0.15, 0.2) is 11.3 Å². The summed E-state index contributed by atoms with van der Waals surface area (Å²) in [6, 6.07) is 14.4. The molecule has 0 spiro atoms. The van der Waals surface area contributed by atoms with Gasteiger partial charge in [0.1, 0.15) is 18.1 Å². The first-order valence-corrected chi connectivity index (χ1v) is 11.6. The molecule has 1 fully saturated rings. The first-order chi connectivity index (χ1) is 15.6. The molecule has 0 unspecified atom stereocenters. The van der Waals surface area contributed by atoms with Crippen LogP contribution in [0.25, 0.3) is 11.3 Å². The molecular weight excluding hydrogens is 473 g/mol. The zero-order valence-corrected chi connectivity index (χ0v) is 21.5. The molecule has 0 atom stereocenters. The summed E-state index contributed by atoms with van der Waals surface area (Å²) in [4.78, 5) is 29.2. The Balaban J connectivity index is 0.00000259. The fraction of sp³-hybridized carbons (Fsp3) is 0.217. The van der Waals surface area contributed by atoms with Crippen molar-refractivity contribution in [3.05, 3.63) is 58.8 Å². The van der Waals surface area contributed by atoms with Crippen molar-refractivity contribution in [1.82, 2.24) is 0 Å². The Morgan fingerprint density at radius 2 is 1.73 bits per heavy atom. The minimum Gasteiger partial charge on any atom is -0.546 e. The van der Waals surface area contributed by atoms with Crippen LogP contribution in [0.2, 0.25) is 0 Å². The number of carbonyl (C=O) groups excluding carboxylic acids is 1. The fourth-order valence-corrected chi connectivity index (χ4v) is 6.03. The average molecular weight is 492 g/mol. The van der Waals surface area contributed by atoms with Crippen LogP contribution in [0.4, 0.5) is 5.88 Å². The molecule has 0 bridgehead atoms. The maximum atomic E-state index is 12.5. The third-order valence-corrected chi connectivity index (χ3v) is 7.68. The van der Waals surface area contributed by atoms with Crippen LogP contribution in [0.3, 0.4) is 0 Å². The molecule has 2 aliphatic heterocycles. The van der Waals surface area contributed by atoms with Crippen LogP contribution < -0.4 is 49.7 Å². The smallest absolute Gasteiger partial charge is 0.546 e. The summed E-state index contributed by atoms with van der Waals surface area (Å²) in [6.07, 6.45) is 0. The van der Waals surface area contributed by atoms with Crippen molar-refractivity contribution >= 4 is 35.4 Å². The van der Waals surface area contributed by atoms with Crippen LogP contribution in [-0.4, -0.2) is 38.9 Å². The van der Waals surface area contributed by atoms with Gasteiger partial charge < -0.3 is 28.7 Å². The second-order valence-electron chi connectivity index (χ2n) is 7.18. The van der Waals surface area contributed by atoms with Crippen LogP contribution in [0.5, 0.6) is 5.75 Å². The molecule has 1 aromatic heterocycles. The maximum absolute atomic E-state index is 12.5. The number of ether oxygens (including phenoxy) is 2. The van der Waals surface area contributed by atoms with Crippen molar-refractivity contribution < 1.29 is 53.3 Å². The van der Waals surface area contributed by atoms with Gasteiger partial charge in [0, 0.05) is 45.5 Å². The molecule has 164 valence electrons. The number of morpholine rings is 1. The van der Waals surface area contributed by atoms with Gasteiger partial charge in [-0.1, -0.05) is 35.7 Å². The summed E-state index contributed by atoms with van der Waals surface area (Å²) < 4.78 is 17.1. The molecule has 0 saturated carbocycles. The van der Waals surface area contributed by atoms with E-state index in [0.29, 0.717) is 43.7 Å². The number of carboxylic acid groups (broad SMARTS) is 1. The molecule has 3 aromatic rings. The van der Waals surface area contributed by atoms with E-state index in [4.69, 9.17) is 13.9 Å². The van der Waals surface area contributed by atoms with Crippen molar-refractivity contribution in [3.63, 3.8) is 0 Å². The quantitative estimate of drug-likeness (QED) is 0.355. The summed E-state index contributed by atoms with van der Waals surface area (Å²) in [6.45, 7) is 1.92. The molecule has 0 amide bonds. The van der Waals surface area contributed by atoms with Crippen LogP contribution in [-0.2, 0) is 9.53 Å². The Bertz CT molecular complexity index is 1240. The van der Waals surface area contributed by atoms with E-state index in [1.54, 1.807) is 23.9 Å². The first kappa shape index (κ1) is 24.3. The largest absolute Gasteiger partial charge is 1.00 e. The Kier molecular flexibility index (Phi) is 7.78. The Morgan fingerprint density at radius 1 is 1.03 bits per heavy atom. The molecule has 2 aliphatic rings. The number of nitrogens with zero attached hydrogens (tertiary/aromatic N) is 1. The van der Waals surface area contributed by atoms with E-state index in [-0.39, 0.29) is 35.0 Å². The molecule has 0 aliphatic carbocycles. The molecule has 3 heterocycles. The summed E-state index contributed by atoms with van der Waals surface area (Å²) >= 11 is 3.04. The molecule has 10 heteroatoms. The van der Waals surface area contributed by atoms with Crippen LogP contribution in [0.1, 0.15) is 0 Å². The van der Waals surface area contributed by atoms with Crippen molar-refractivity contribution in [2.75, 3.05) is 37.8 Å². The topological polar surface area (TPSA) is 92.0 Å². The summed E-state index contributed by atoms with van der Waals surface area (Å²) in [5.74, 6) is 0.123. The van der Waals surface area contributed by atoms with Gasteiger partial charge in [-0.2, -0.15) is 0 Å². The maximum Gasteiger partial charge on any atom is 1.00 e. The minimum atomic E-state index is -1.29. The van der Waals surface area contributed by atoms with Crippen molar-refractivity contribution in [2.24, 2.45) is 0 Å². The molecule has 0 N–H and O–H groups in total. The number of benzene rings is 2. The molecular formula is C23H18NNaO6S2. The standard InChI is InChI=1S/C23H19NO6S2.Na/c25-14-11-17(30-20(12-14)24-7-9-28-10-8-24)15-5-6-16(29-13-21(26)27)23-22(15)31-18-3-1-2-4-19(18)32-23;/h1-6,11-12H,7-10,13H2,(H,26,27);/q;+1/p-1. The predicted molar refractivity (Wildman–Crippen MR) is 119 cm³/mol. The second kappa shape index (κ2) is 10.6. The molecule has 1 saturated heterocycles. The van der Waals surface area contributed by atoms with E-state index in [2.05, 4.69) is 0 Å². The predicted octanol–water partition coefficient (Wildman–Crippen LogP) is -0.108. The van der Waals surface area contributed by atoms with Crippen molar-refractivity contribution in [3.8, 4) is 17.1 Å². The van der Waals surface area contributed by atoms with Gasteiger partial charge in [-0.3, -0.25) is 4.79 Å². The molecule has 7 nitrogen and oxygen atoms in total. The van der Waals surface area contributed by atoms with Gasteiger partial charge in [-0.15, -0.1) is 0 Å². The normalized spacial score (nSPS) is 14.6. The third kappa shape index (κ3) is 5.29.